The Kier molecular flexibility index (Phi) is 5.80. The smallest absolute Gasteiger partial charge is 0.222 e. The van der Waals surface area contributed by atoms with Gasteiger partial charge in [0.05, 0.1) is 0 Å². The molecule has 1 fully saturated rings. The predicted octanol–water partition coefficient (Wildman–Crippen LogP) is 2.99. The number of carbonyl (C=O) groups is 1. The molecular formula is C18H28N2O. The molecule has 1 aromatic carbocycles. The molecule has 1 amide bonds. The molecule has 2 rings (SSSR count). The molecule has 0 unspecified atom stereocenters. The Hall–Kier alpha value is -1.35. The lowest BCUT2D eigenvalue weighted by Crippen LogP contribution is -2.39. The van der Waals surface area contributed by atoms with Crippen molar-refractivity contribution in [2.45, 2.75) is 44.9 Å². The van der Waals surface area contributed by atoms with Crippen LogP contribution < -0.4 is 5.73 Å². The number of rotatable bonds is 6. The summed E-state index contributed by atoms with van der Waals surface area (Å²) in [6.07, 6.45) is 7.49. The van der Waals surface area contributed by atoms with Crippen LogP contribution in [0, 0.1) is 5.41 Å². The molecule has 1 aliphatic carbocycles. The molecule has 0 aliphatic heterocycles. The van der Waals surface area contributed by atoms with Crippen LogP contribution in [-0.2, 0) is 11.2 Å². The number of likely N-dealkylation sites (N-methyl/N-ethyl adjacent to an activating group) is 1. The topological polar surface area (TPSA) is 46.3 Å². The lowest BCUT2D eigenvalue weighted by molar-refractivity contribution is -0.132. The number of nitrogens with two attached hydrogens (primary N) is 1. The van der Waals surface area contributed by atoms with E-state index in [-0.39, 0.29) is 11.3 Å². The SMILES string of the molecule is CN(CCc1ccccc1)C(=O)CC1(CN)CCCCC1. The van der Waals surface area contributed by atoms with E-state index in [2.05, 4.69) is 12.1 Å². The average Bonchev–Trinajstić information content (AvgIpc) is 2.54. The third-order valence-electron chi connectivity index (χ3n) is 4.88. The molecule has 3 nitrogen and oxygen atoms in total. The summed E-state index contributed by atoms with van der Waals surface area (Å²) in [5.74, 6) is 0.248. The van der Waals surface area contributed by atoms with Crippen molar-refractivity contribution in [3.8, 4) is 0 Å². The van der Waals surface area contributed by atoms with Crippen molar-refractivity contribution in [3.05, 3.63) is 35.9 Å². The van der Waals surface area contributed by atoms with Gasteiger partial charge in [-0.3, -0.25) is 4.79 Å². The molecule has 1 aromatic rings. The summed E-state index contributed by atoms with van der Waals surface area (Å²) in [6.45, 7) is 1.43. The molecule has 3 heteroatoms. The highest BCUT2D eigenvalue weighted by molar-refractivity contribution is 5.76. The molecule has 0 heterocycles. The predicted molar refractivity (Wildman–Crippen MR) is 87.0 cm³/mol. The number of carbonyl (C=O) groups excluding carboxylic acids is 1. The maximum Gasteiger partial charge on any atom is 0.222 e. The van der Waals surface area contributed by atoms with Gasteiger partial charge in [-0.2, -0.15) is 0 Å². The second kappa shape index (κ2) is 7.60. The summed E-state index contributed by atoms with van der Waals surface area (Å²) in [5.41, 5.74) is 7.33. The fraction of sp³-hybridized carbons (Fsp3) is 0.611. The van der Waals surface area contributed by atoms with Crippen LogP contribution in [0.25, 0.3) is 0 Å². The number of benzene rings is 1. The fourth-order valence-corrected chi connectivity index (χ4v) is 3.28. The van der Waals surface area contributed by atoms with Gasteiger partial charge in [-0.1, -0.05) is 49.6 Å². The summed E-state index contributed by atoms with van der Waals surface area (Å²) in [7, 11) is 1.91. The van der Waals surface area contributed by atoms with Gasteiger partial charge in [0.15, 0.2) is 0 Å². The minimum atomic E-state index is 0.0658. The summed E-state index contributed by atoms with van der Waals surface area (Å²) in [6, 6.07) is 10.3. The zero-order valence-corrected chi connectivity index (χ0v) is 13.2. The van der Waals surface area contributed by atoms with E-state index in [0.717, 1.165) is 25.8 Å². The van der Waals surface area contributed by atoms with Gasteiger partial charge in [-0.25, -0.2) is 0 Å². The van der Waals surface area contributed by atoms with Gasteiger partial charge >= 0.3 is 0 Å². The summed E-state index contributed by atoms with van der Waals surface area (Å²) < 4.78 is 0. The van der Waals surface area contributed by atoms with Gasteiger partial charge in [-0.15, -0.1) is 0 Å². The first-order valence-electron chi connectivity index (χ1n) is 8.13. The third kappa shape index (κ3) is 4.57. The van der Waals surface area contributed by atoms with E-state index >= 15 is 0 Å². The van der Waals surface area contributed by atoms with Gasteiger partial charge in [0, 0.05) is 20.0 Å². The number of hydrogen-bond donors (Lipinski definition) is 1. The van der Waals surface area contributed by atoms with E-state index in [9.17, 15) is 4.79 Å². The van der Waals surface area contributed by atoms with Crippen molar-refractivity contribution in [2.75, 3.05) is 20.1 Å². The van der Waals surface area contributed by atoms with E-state index in [1.807, 2.05) is 30.1 Å². The molecule has 1 saturated carbocycles. The molecular weight excluding hydrogens is 260 g/mol. The molecule has 0 spiro atoms. The quantitative estimate of drug-likeness (QED) is 0.874. The lowest BCUT2D eigenvalue weighted by Gasteiger charge is -2.36. The van der Waals surface area contributed by atoms with Crippen molar-refractivity contribution in [2.24, 2.45) is 11.1 Å². The monoisotopic (exact) mass is 288 g/mol. The maximum absolute atomic E-state index is 12.5. The first-order chi connectivity index (χ1) is 10.2. The van der Waals surface area contributed by atoms with Gasteiger partial charge in [0.1, 0.15) is 0 Å². The standard InChI is InChI=1S/C18H28N2O/c1-20(13-10-16-8-4-2-5-9-16)17(21)14-18(15-19)11-6-3-7-12-18/h2,4-5,8-9H,3,6-7,10-15,19H2,1H3. The number of amides is 1. The zero-order valence-electron chi connectivity index (χ0n) is 13.2. The Balaban J connectivity index is 1.84. The Morgan fingerprint density at radius 3 is 2.48 bits per heavy atom. The second-order valence-electron chi connectivity index (χ2n) is 6.49. The molecule has 0 aromatic heterocycles. The number of nitrogens with zero attached hydrogens (tertiary/aromatic N) is 1. The van der Waals surface area contributed by atoms with Crippen molar-refractivity contribution in [3.63, 3.8) is 0 Å². The van der Waals surface area contributed by atoms with Crippen LogP contribution in [0.15, 0.2) is 30.3 Å². The van der Waals surface area contributed by atoms with Crippen LogP contribution in [0.5, 0.6) is 0 Å². The molecule has 0 atom stereocenters. The third-order valence-corrected chi connectivity index (χ3v) is 4.88. The highest BCUT2D eigenvalue weighted by Gasteiger charge is 2.33. The first-order valence-corrected chi connectivity index (χ1v) is 8.13. The van der Waals surface area contributed by atoms with Crippen LogP contribution in [0.3, 0.4) is 0 Å². The molecule has 116 valence electrons. The molecule has 1 aliphatic rings. The Labute approximate surface area is 128 Å². The fourth-order valence-electron chi connectivity index (χ4n) is 3.28. The van der Waals surface area contributed by atoms with E-state index < -0.39 is 0 Å². The molecule has 0 radical (unpaired) electrons. The van der Waals surface area contributed by atoms with Crippen molar-refractivity contribution in [1.29, 1.82) is 0 Å². The number of hydrogen-bond acceptors (Lipinski definition) is 2. The summed E-state index contributed by atoms with van der Waals surface area (Å²) in [5, 5.41) is 0. The van der Waals surface area contributed by atoms with Crippen molar-refractivity contribution >= 4 is 5.91 Å². The lowest BCUT2D eigenvalue weighted by atomic mass is 9.71. The van der Waals surface area contributed by atoms with E-state index in [1.165, 1.54) is 24.8 Å². The van der Waals surface area contributed by atoms with Gasteiger partial charge in [0.2, 0.25) is 5.91 Å². The average molecular weight is 288 g/mol. The summed E-state index contributed by atoms with van der Waals surface area (Å²) in [4.78, 5) is 14.3. The largest absolute Gasteiger partial charge is 0.345 e. The van der Waals surface area contributed by atoms with E-state index in [4.69, 9.17) is 5.73 Å². The second-order valence-corrected chi connectivity index (χ2v) is 6.49. The van der Waals surface area contributed by atoms with Crippen LogP contribution in [0.1, 0.15) is 44.1 Å². The molecule has 2 N–H and O–H groups in total. The maximum atomic E-state index is 12.5. The van der Waals surface area contributed by atoms with Crippen molar-refractivity contribution < 1.29 is 4.79 Å². The molecule has 0 bridgehead atoms. The highest BCUT2D eigenvalue weighted by Crippen LogP contribution is 2.38. The minimum absolute atomic E-state index is 0.0658. The normalized spacial score (nSPS) is 17.4. The Bertz CT molecular complexity index is 438. The minimum Gasteiger partial charge on any atom is -0.345 e. The van der Waals surface area contributed by atoms with Gasteiger partial charge < -0.3 is 10.6 Å². The highest BCUT2D eigenvalue weighted by atomic mass is 16.2. The van der Waals surface area contributed by atoms with E-state index in [1.54, 1.807) is 0 Å². The Morgan fingerprint density at radius 2 is 1.86 bits per heavy atom. The summed E-state index contributed by atoms with van der Waals surface area (Å²) >= 11 is 0. The van der Waals surface area contributed by atoms with Crippen molar-refractivity contribution in [1.82, 2.24) is 4.90 Å². The van der Waals surface area contributed by atoms with Gasteiger partial charge in [0.25, 0.3) is 0 Å². The van der Waals surface area contributed by atoms with Crippen LogP contribution >= 0.6 is 0 Å². The van der Waals surface area contributed by atoms with E-state index in [0.29, 0.717) is 13.0 Å². The van der Waals surface area contributed by atoms with Gasteiger partial charge in [-0.05, 0) is 36.8 Å². The van der Waals surface area contributed by atoms with Crippen LogP contribution in [0.4, 0.5) is 0 Å². The first kappa shape index (κ1) is 16.0. The molecule has 21 heavy (non-hydrogen) atoms. The molecule has 0 saturated heterocycles. The van der Waals surface area contributed by atoms with Crippen LogP contribution in [-0.4, -0.2) is 30.9 Å². The zero-order chi connectivity index (χ0) is 15.1. The Morgan fingerprint density at radius 1 is 1.19 bits per heavy atom. The van der Waals surface area contributed by atoms with Crippen LogP contribution in [0.2, 0.25) is 0 Å².